The van der Waals surface area contributed by atoms with E-state index >= 15 is 0 Å². The second-order valence-electron chi connectivity index (χ2n) is 13.6. The molecule has 0 aromatic heterocycles. The van der Waals surface area contributed by atoms with E-state index in [9.17, 15) is 25.2 Å². The molecule has 4 aliphatic rings. The maximum Gasteiger partial charge on any atom is 0.317 e. The first-order valence-electron chi connectivity index (χ1n) is 17.9. The van der Waals surface area contributed by atoms with E-state index in [0.29, 0.717) is 50.4 Å². The SMILES string of the molecule is CCCNC(=O)N(CCC)[C@H]1CC(=NOC2CCCCO2)C2=C[C@H](CCCCO)[C@@H](CCCCO)[C@@H]3c4cc(O)ccc4O[C@@]1(O)[C@H]23. The van der Waals surface area contributed by atoms with Crippen LogP contribution in [-0.4, -0.2) is 88.1 Å². The highest BCUT2D eigenvalue weighted by molar-refractivity contribution is 6.03. The average molecular weight is 658 g/mol. The fourth-order valence-corrected chi connectivity index (χ4v) is 8.17. The average Bonchev–Trinajstić information content (AvgIpc) is 3.07. The quantitative estimate of drug-likeness (QED) is 0.128. The van der Waals surface area contributed by atoms with Crippen LogP contribution in [0.4, 0.5) is 4.79 Å². The van der Waals surface area contributed by atoms with Crippen molar-refractivity contribution in [3.05, 3.63) is 35.4 Å². The molecule has 1 saturated heterocycles. The zero-order valence-electron chi connectivity index (χ0n) is 28.1. The molecule has 5 N–H and O–H groups in total. The molecule has 1 unspecified atom stereocenters. The van der Waals surface area contributed by atoms with Crippen molar-refractivity contribution < 1.29 is 39.5 Å². The molecule has 0 radical (unpaired) electrons. The van der Waals surface area contributed by atoms with E-state index in [1.807, 2.05) is 13.8 Å². The molecular formula is C36H55N3O8. The fraction of sp³-hybridized carbons (Fsp3) is 0.722. The van der Waals surface area contributed by atoms with Gasteiger partial charge in [0.15, 0.2) is 0 Å². The van der Waals surface area contributed by atoms with Crippen molar-refractivity contribution in [2.45, 2.75) is 115 Å². The van der Waals surface area contributed by atoms with Gasteiger partial charge < -0.3 is 45.0 Å². The summed E-state index contributed by atoms with van der Waals surface area (Å²) in [5.41, 5.74) is 2.33. The van der Waals surface area contributed by atoms with Crippen molar-refractivity contribution in [3.8, 4) is 11.5 Å². The summed E-state index contributed by atoms with van der Waals surface area (Å²) < 4.78 is 12.5. The minimum Gasteiger partial charge on any atom is -0.508 e. The number of phenolic OH excluding ortho intramolecular Hbond substituents is 1. The number of ether oxygens (including phenoxy) is 2. The van der Waals surface area contributed by atoms with Gasteiger partial charge in [-0.05, 0) is 87.0 Å². The number of aliphatic hydroxyl groups is 3. The number of carbonyl (C=O) groups excluding carboxylic acids is 1. The molecule has 2 amide bonds. The number of allylic oxidation sites excluding steroid dienone is 1. The van der Waals surface area contributed by atoms with Crippen molar-refractivity contribution in [1.29, 1.82) is 0 Å². The molecule has 5 rings (SSSR count). The van der Waals surface area contributed by atoms with Gasteiger partial charge in [0.05, 0.1) is 18.2 Å². The smallest absolute Gasteiger partial charge is 0.317 e. The van der Waals surface area contributed by atoms with Crippen LogP contribution in [0.15, 0.2) is 35.0 Å². The van der Waals surface area contributed by atoms with Crippen molar-refractivity contribution in [1.82, 2.24) is 10.2 Å². The molecule has 2 aliphatic heterocycles. The fourth-order valence-electron chi connectivity index (χ4n) is 8.17. The first kappa shape index (κ1) is 35.4. The highest BCUT2D eigenvalue weighted by atomic mass is 16.8. The van der Waals surface area contributed by atoms with E-state index in [-0.39, 0.29) is 49.2 Å². The molecule has 0 bridgehead atoms. The molecule has 11 heteroatoms. The number of urea groups is 1. The predicted octanol–water partition coefficient (Wildman–Crippen LogP) is 5.17. The van der Waals surface area contributed by atoms with E-state index < -0.39 is 24.0 Å². The summed E-state index contributed by atoms with van der Waals surface area (Å²) in [7, 11) is 0. The van der Waals surface area contributed by atoms with Gasteiger partial charge in [-0.15, -0.1) is 0 Å². The zero-order chi connectivity index (χ0) is 33.4. The number of benzene rings is 1. The first-order chi connectivity index (χ1) is 22.9. The number of nitrogens with one attached hydrogen (secondary N) is 1. The molecule has 2 aliphatic carbocycles. The van der Waals surface area contributed by atoms with Gasteiger partial charge >= 0.3 is 6.03 Å². The normalized spacial score (nSPS) is 30.5. The molecule has 11 nitrogen and oxygen atoms in total. The number of nitrogens with zero attached hydrogens (tertiary/aromatic N) is 2. The molecule has 1 saturated carbocycles. The minimum atomic E-state index is -1.79. The minimum absolute atomic E-state index is 0.0427. The largest absolute Gasteiger partial charge is 0.508 e. The molecule has 0 spiro atoms. The monoisotopic (exact) mass is 657 g/mol. The Morgan fingerprint density at radius 3 is 2.60 bits per heavy atom. The van der Waals surface area contributed by atoms with Crippen LogP contribution in [0.2, 0.25) is 0 Å². The predicted molar refractivity (Wildman–Crippen MR) is 178 cm³/mol. The Morgan fingerprint density at radius 1 is 1.11 bits per heavy atom. The third-order valence-electron chi connectivity index (χ3n) is 10.3. The van der Waals surface area contributed by atoms with Gasteiger partial charge in [-0.3, -0.25) is 0 Å². The van der Waals surface area contributed by atoms with Crippen molar-refractivity contribution in [2.24, 2.45) is 22.9 Å². The Bertz CT molecular complexity index is 1250. The molecular weight excluding hydrogens is 602 g/mol. The second-order valence-corrected chi connectivity index (χ2v) is 13.6. The van der Waals surface area contributed by atoms with Crippen molar-refractivity contribution in [3.63, 3.8) is 0 Å². The molecule has 47 heavy (non-hydrogen) atoms. The van der Waals surface area contributed by atoms with Crippen LogP contribution >= 0.6 is 0 Å². The third kappa shape index (κ3) is 7.74. The lowest BCUT2D eigenvalue weighted by Gasteiger charge is -2.58. The molecule has 7 atom stereocenters. The number of unbranched alkanes of at least 4 members (excludes halogenated alkanes) is 2. The lowest BCUT2D eigenvalue weighted by Crippen LogP contribution is -2.69. The number of hydrogen-bond acceptors (Lipinski definition) is 9. The zero-order valence-corrected chi connectivity index (χ0v) is 28.1. The summed E-state index contributed by atoms with van der Waals surface area (Å²) >= 11 is 0. The van der Waals surface area contributed by atoms with Crippen LogP contribution in [-0.2, 0) is 9.57 Å². The highest BCUT2D eigenvalue weighted by Gasteiger charge is 2.64. The number of aliphatic hydroxyl groups excluding tert-OH is 2. The number of oxime groups is 1. The summed E-state index contributed by atoms with van der Waals surface area (Å²) in [6.07, 6.45) is 10.8. The van der Waals surface area contributed by atoms with Gasteiger partial charge in [-0.2, -0.15) is 0 Å². The number of amides is 2. The van der Waals surface area contributed by atoms with Gasteiger partial charge in [0, 0.05) is 50.6 Å². The van der Waals surface area contributed by atoms with Crippen LogP contribution in [0, 0.1) is 17.8 Å². The second kappa shape index (κ2) is 16.5. The topological polar surface area (TPSA) is 153 Å². The molecule has 1 aromatic rings. The summed E-state index contributed by atoms with van der Waals surface area (Å²) in [5, 5.41) is 50.8. The van der Waals surface area contributed by atoms with Crippen LogP contribution in [0.1, 0.15) is 102 Å². The van der Waals surface area contributed by atoms with Crippen molar-refractivity contribution >= 4 is 11.7 Å². The standard InChI is InChI=1S/C36H55N3O8/c1-3-16-37-35(43)39(17-4-2)31-23-29(38-47-32-13-7-10-20-45-32)27-21-24(11-5-8-18-40)26(12-6-9-19-41)33-28-22-25(42)14-15-30(28)46-36(31,44)34(27)33/h14-15,21-22,24,26,31-34,40-42,44H,3-13,16-20,23H2,1-2H3,(H,37,43)/t24-,26+,31-,32?,33+,34+,36+/m0/s1. The van der Waals surface area contributed by atoms with Gasteiger partial charge in [0.1, 0.15) is 17.5 Å². The first-order valence-corrected chi connectivity index (χ1v) is 17.9. The van der Waals surface area contributed by atoms with Crippen molar-refractivity contribution in [2.75, 3.05) is 32.9 Å². The molecule has 1 aromatic carbocycles. The molecule has 262 valence electrons. The van der Waals surface area contributed by atoms with Crippen LogP contribution in [0.5, 0.6) is 11.5 Å². The third-order valence-corrected chi connectivity index (χ3v) is 10.3. The van der Waals surface area contributed by atoms with Gasteiger partial charge in [0.25, 0.3) is 0 Å². The van der Waals surface area contributed by atoms with E-state index in [4.69, 9.17) is 19.5 Å². The number of fused-ring (bicyclic) bond motifs is 2. The summed E-state index contributed by atoms with van der Waals surface area (Å²) in [6.45, 7) is 5.76. The van der Waals surface area contributed by atoms with E-state index in [1.165, 1.54) is 0 Å². The van der Waals surface area contributed by atoms with Crippen LogP contribution in [0.25, 0.3) is 0 Å². The number of aromatic hydroxyl groups is 1. The van der Waals surface area contributed by atoms with Crippen LogP contribution < -0.4 is 10.1 Å². The number of hydrogen-bond donors (Lipinski definition) is 5. The van der Waals surface area contributed by atoms with E-state index in [1.54, 1.807) is 23.1 Å². The maximum atomic E-state index is 13.8. The maximum absolute atomic E-state index is 13.8. The van der Waals surface area contributed by atoms with Gasteiger partial charge in [-0.1, -0.05) is 37.9 Å². The Balaban J connectivity index is 1.67. The molecule has 2 heterocycles. The molecule has 2 fully saturated rings. The van der Waals surface area contributed by atoms with E-state index in [0.717, 1.165) is 62.5 Å². The Labute approximate surface area is 279 Å². The summed E-state index contributed by atoms with van der Waals surface area (Å²) in [5.74, 6) is -1.92. The highest BCUT2D eigenvalue weighted by Crippen LogP contribution is 2.60. The van der Waals surface area contributed by atoms with Gasteiger partial charge in [0.2, 0.25) is 12.1 Å². The Morgan fingerprint density at radius 2 is 1.89 bits per heavy atom. The number of carbonyl (C=O) groups is 1. The Hall–Kier alpha value is -2.86. The van der Waals surface area contributed by atoms with Gasteiger partial charge in [-0.25, -0.2) is 4.79 Å². The number of rotatable bonds is 15. The number of phenols is 1. The summed E-state index contributed by atoms with van der Waals surface area (Å²) in [4.78, 5) is 21.5. The lowest BCUT2D eigenvalue weighted by atomic mass is 9.55. The van der Waals surface area contributed by atoms with Crippen LogP contribution in [0.3, 0.4) is 0 Å². The Kier molecular flexibility index (Phi) is 12.4. The summed E-state index contributed by atoms with van der Waals surface area (Å²) in [6, 6.07) is 4.00. The van der Waals surface area contributed by atoms with E-state index in [2.05, 4.69) is 11.4 Å². The lowest BCUT2D eigenvalue weighted by molar-refractivity contribution is -0.228.